The van der Waals surface area contributed by atoms with Gasteiger partial charge in [0, 0.05) is 22.8 Å². The van der Waals surface area contributed by atoms with Crippen molar-refractivity contribution in [3.8, 4) is 6.07 Å². The van der Waals surface area contributed by atoms with Crippen molar-refractivity contribution in [1.29, 1.82) is 5.26 Å². The van der Waals surface area contributed by atoms with Gasteiger partial charge in [0.1, 0.15) is 0 Å². The highest BCUT2D eigenvalue weighted by Gasteiger charge is 2.15. The quantitative estimate of drug-likeness (QED) is 0.599. The van der Waals surface area contributed by atoms with Crippen LogP contribution < -0.4 is 5.73 Å². The van der Waals surface area contributed by atoms with Crippen LogP contribution in [0.3, 0.4) is 0 Å². The van der Waals surface area contributed by atoms with Crippen LogP contribution in [0.1, 0.15) is 16.8 Å². The maximum atomic E-state index is 8.97. The van der Waals surface area contributed by atoms with Crippen LogP contribution in [-0.4, -0.2) is 25.1 Å². The van der Waals surface area contributed by atoms with Crippen LogP contribution in [0.25, 0.3) is 22.1 Å². The number of rotatable bonds is 2. The topological polar surface area (TPSA) is 119 Å². The second-order valence-electron chi connectivity index (χ2n) is 5.24. The molecular formula is C15H11N7O. The van der Waals surface area contributed by atoms with E-state index in [0.717, 1.165) is 22.2 Å². The lowest BCUT2D eigenvalue weighted by molar-refractivity contribution is 0.315. The fourth-order valence-corrected chi connectivity index (χ4v) is 2.58. The van der Waals surface area contributed by atoms with Crippen LogP contribution in [0.4, 0.5) is 5.69 Å². The summed E-state index contributed by atoms with van der Waals surface area (Å²) in [5.74, 6) is 0. The van der Waals surface area contributed by atoms with E-state index in [1.54, 1.807) is 16.8 Å². The number of aromatic nitrogens is 5. The number of benzene rings is 1. The molecule has 0 amide bonds. The largest absolute Gasteiger partial charge is 0.396 e. The second kappa shape index (κ2) is 4.78. The Labute approximate surface area is 130 Å². The summed E-state index contributed by atoms with van der Waals surface area (Å²) in [4.78, 5) is 4.34. The maximum absolute atomic E-state index is 8.97. The molecule has 0 atom stereocenters. The average molecular weight is 305 g/mol. The minimum absolute atomic E-state index is 0.396. The third-order valence-electron chi connectivity index (χ3n) is 3.76. The second-order valence-corrected chi connectivity index (χ2v) is 5.24. The summed E-state index contributed by atoms with van der Waals surface area (Å²) in [5.41, 5.74) is 10.5. The summed E-state index contributed by atoms with van der Waals surface area (Å²) < 4.78 is 6.45. The fraction of sp³-hybridized carbons (Fsp3) is 0.133. The van der Waals surface area contributed by atoms with Gasteiger partial charge in [0.15, 0.2) is 5.52 Å². The first-order valence-corrected chi connectivity index (χ1v) is 6.90. The Kier molecular flexibility index (Phi) is 2.74. The zero-order valence-electron chi connectivity index (χ0n) is 12.2. The number of nitrogens with two attached hydrogens (primary N) is 1. The van der Waals surface area contributed by atoms with Gasteiger partial charge in [0.2, 0.25) is 5.65 Å². The smallest absolute Gasteiger partial charge is 0.226 e. The molecule has 0 unspecified atom stereocenters. The van der Waals surface area contributed by atoms with Gasteiger partial charge in [-0.1, -0.05) is 0 Å². The van der Waals surface area contributed by atoms with E-state index in [1.807, 2.05) is 19.2 Å². The average Bonchev–Trinajstić information content (AvgIpc) is 3.16. The highest BCUT2D eigenvalue weighted by molar-refractivity contribution is 5.85. The first-order chi connectivity index (χ1) is 11.2. The van der Waals surface area contributed by atoms with Gasteiger partial charge in [-0.25, -0.2) is 9.61 Å². The van der Waals surface area contributed by atoms with E-state index in [0.29, 0.717) is 29.0 Å². The molecule has 0 saturated carbocycles. The highest BCUT2D eigenvalue weighted by Crippen LogP contribution is 2.24. The Bertz CT molecular complexity index is 1090. The van der Waals surface area contributed by atoms with Gasteiger partial charge in [-0.2, -0.15) is 10.4 Å². The van der Waals surface area contributed by atoms with E-state index in [4.69, 9.17) is 11.0 Å². The standard InChI is InChI=1S/C15H11N7O/c1-8-11(13(17)14-15(18-8)21-23-20-14)7-22-6-10-4-9(5-16)2-3-12(10)19-22/h2-4,6H,7,17H2,1H3. The van der Waals surface area contributed by atoms with Crippen LogP contribution in [0.5, 0.6) is 0 Å². The monoisotopic (exact) mass is 305 g/mol. The molecule has 23 heavy (non-hydrogen) atoms. The first kappa shape index (κ1) is 13.2. The molecule has 0 aliphatic rings. The van der Waals surface area contributed by atoms with Gasteiger partial charge in [0.25, 0.3) is 0 Å². The summed E-state index contributed by atoms with van der Waals surface area (Å²) in [7, 11) is 0. The minimum Gasteiger partial charge on any atom is -0.396 e. The summed E-state index contributed by atoms with van der Waals surface area (Å²) in [6, 6.07) is 7.49. The molecule has 0 fully saturated rings. The van der Waals surface area contributed by atoms with Crippen molar-refractivity contribution in [3.05, 3.63) is 41.2 Å². The summed E-state index contributed by atoms with van der Waals surface area (Å²) in [6.45, 7) is 2.31. The molecule has 3 heterocycles. The van der Waals surface area contributed by atoms with Crippen LogP contribution >= 0.6 is 0 Å². The molecule has 0 saturated heterocycles. The molecule has 0 radical (unpaired) electrons. The number of nitrogens with zero attached hydrogens (tertiary/aromatic N) is 6. The molecule has 0 aliphatic carbocycles. The molecule has 3 aromatic heterocycles. The Morgan fingerprint density at radius 3 is 3.04 bits per heavy atom. The predicted octanol–water partition coefficient (Wildman–Crippen LogP) is 1.78. The van der Waals surface area contributed by atoms with Crippen molar-refractivity contribution in [1.82, 2.24) is 25.1 Å². The number of pyridine rings is 1. The van der Waals surface area contributed by atoms with E-state index in [1.165, 1.54) is 0 Å². The lowest BCUT2D eigenvalue weighted by Crippen LogP contribution is -2.07. The van der Waals surface area contributed by atoms with E-state index in [9.17, 15) is 0 Å². The molecule has 8 nitrogen and oxygen atoms in total. The third-order valence-corrected chi connectivity index (χ3v) is 3.76. The summed E-state index contributed by atoms with van der Waals surface area (Å²) >= 11 is 0. The molecule has 0 aliphatic heterocycles. The highest BCUT2D eigenvalue weighted by atomic mass is 16.6. The molecule has 1 aromatic carbocycles. The van der Waals surface area contributed by atoms with Crippen LogP contribution in [0.2, 0.25) is 0 Å². The van der Waals surface area contributed by atoms with E-state index >= 15 is 0 Å². The van der Waals surface area contributed by atoms with Gasteiger partial charge in [-0.15, -0.1) is 0 Å². The molecule has 112 valence electrons. The van der Waals surface area contributed by atoms with Gasteiger partial charge in [0.05, 0.1) is 29.4 Å². The molecule has 8 heteroatoms. The fourth-order valence-electron chi connectivity index (χ4n) is 2.58. The molecule has 4 aromatic rings. The number of nitriles is 1. The Morgan fingerprint density at radius 1 is 1.35 bits per heavy atom. The van der Waals surface area contributed by atoms with Gasteiger partial charge in [-0.05, 0) is 35.4 Å². The summed E-state index contributed by atoms with van der Waals surface area (Å²) in [5, 5.41) is 21.9. The van der Waals surface area contributed by atoms with Crippen molar-refractivity contribution >= 4 is 27.8 Å². The molecule has 0 bridgehead atoms. The normalized spacial score (nSPS) is 11.1. The van der Waals surface area contributed by atoms with Crippen LogP contribution in [0.15, 0.2) is 29.0 Å². The number of hydrogen-bond acceptors (Lipinski definition) is 7. The Morgan fingerprint density at radius 2 is 2.22 bits per heavy atom. The van der Waals surface area contributed by atoms with Crippen molar-refractivity contribution < 1.29 is 4.63 Å². The van der Waals surface area contributed by atoms with Gasteiger partial charge in [-0.3, -0.25) is 4.68 Å². The molecule has 2 N–H and O–H groups in total. The van der Waals surface area contributed by atoms with Crippen molar-refractivity contribution in [2.75, 3.05) is 5.73 Å². The van der Waals surface area contributed by atoms with Crippen LogP contribution in [-0.2, 0) is 6.54 Å². The SMILES string of the molecule is Cc1nc2nonc2c(N)c1Cn1cc2cc(C#N)ccc2n1. The minimum atomic E-state index is 0.396. The molecular weight excluding hydrogens is 294 g/mol. The number of hydrogen-bond donors (Lipinski definition) is 1. The van der Waals surface area contributed by atoms with E-state index in [-0.39, 0.29) is 0 Å². The lowest BCUT2D eigenvalue weighted by atomic mass is 10.1. The maximum Gasteiger partial charge on any atom is 0.226 e. The lowest BCUT2D eigenvalue weighted by Gasteiger charge is -2.08. The molecule has 4 rings (SSSR count). The zero-order chi connectivity index (χ0) is 16.0. The Hall–Kier alpha value is -3.47. The zero-order valence-corrected chi connectivity index (χ0v) is 12.2. The number of nitrogen functional groups attached to an aromatic ring is 1. The van der Waals surface area contributed by atoms with Gasteiger partial charge < -0.3 is 5.73 Å². The van der Waals surface area contributed by atoms with Crippen LogP contribution in [0, 0.1) is 18.3 Å². The molecule has 0 spiro atoms. The summed E-state index contributed by atoms with van der Waals surface area (Å²) in [6.07, 6.45) is 1.88. The van der Waals surface area contributed by atoms with Crippen molar-refractivity contribution in [2.45, 2.75) is 13.5 Å². The van der Waals surface area contributed by atoms with Crippen molar-refractivity contribution in [2.24, 2.45) is 0 Å². The number of aryl methyl sites for hydroxylation is 1. The Balaban J connectivity index is 1.80. The number of fused-ring (bicyclic) bond motifs is 2. The van der Waals surface area contributed by atoms with E-state index < -0.39 is 0 Å². The first-order valence-electron chi connectivity index (χ1n) is 6.90. The van der Waals surface area contributed by atoms with E-state index in [2.05, 4.69) is 31.1 Å². The van der Waals surface area contributed by atoms with Gasteiger partial charge >= 0.3 is 0 Å². The number of anilines is 1. The third kappa shape index (κ3) is 2.06. The van der Waals surface area contributed by atoms with Crippen molar-refractivity contribution in [3.63, 3.8) is 0 Å². The predicted molar refractivity (Wildman–Crippen MR) is 82.3 cm³/mol.